The molecule has 0 radical (unpaired) electrons. The minimum absolute atomic E-state index is 0.0891. The lowest BCUT2D eigenvalue weighted by atomic mass is 10.4. The van der Waals surface area contributed by atoms with Gasteiger partial charge in [-0.25, -0.2) is 0 Å². The van der Waals surface area contributed by atoms with Crippen molar-refractivity contribution in [3.63, 3.8) is 0 Å². The van der Waals surface area contributed by atoms with E-state index < -0.39 is 0 Å². The van der Waals surface area contributed by atoms with Crippen molar-refractivity contribution >= 4 is 5.91 Å². The molecule has 14 heavy (non-hydrogen) atoms. The van der Waals surface area contributed by atoms with Crippen LogP contribution in [0.3, 0.4) is 0 Å². The molecule has 84 valence electrons. The third-order valence-corrected chi connectivity index (χ3v) is 1.49. The van der Waals surface area contributed by atoms with Gasteiger partial charge in [-0.15, -0.1) is 0 Å². The molecule has 0 aliphatic rings. The fourth-order valence-corrected chi connectivity index (χ4v) is 0.846. The molecule has 0 aromatic heterocycles. The second-order valence-electron chi connectivity index (χ2n) is 2.74. The average molecular weight is 204 g/mol. The summed E-state index contributed by atoms with van der Waals surface area (Å²) in [6, 6.07) is 0. The number of carbonyl (C=O) groups excluding carboxylic acids is 1. The zero-order valence-electron chi connectivity index (χ0n) is 8.75. The normalized spacial score (nSPS) is 10.1. The number of hydrogen-bond donors (Lipinski definition) is 2. The Balaban J connectivity index is 3.10. The molecule has 3 N–H and O–H groups in total. The van der Waals surface area contributed by atoms with Gasteiger partial charge in [-0.1, -0.05) is 0 Å². The van der Waals surface area contributed by atoms with Crippen molar-refractivity contribution in [3.8, 4) is 0 Å². The topological polar surface area (TPSA) is 73.6 Å². The van der Waals surface area contributed by atoms with Crippen LogP contribution in [0, 0.1) is 0 Å². The first-order valence-corrected chi connectivity index (χ1v) is 4.93. The third-order valence-electron chi connectivity index (χ3n) is 1.49. The fourth-order valence-electron chi connectivity index (χ4n) is 0.846. The summed E-state index contributed by atoms with van der Waals surface area (Å²) in [6.07, 6.45) is 0.830. The van der Waals surface area contributed by atoms with Crippen LogP contribution in [0.25, 0.3) is 0 Å². The van der Waals surface area contributed by atoms with Crippen LogP contribution in [0.5, 0.6) is 0 Å². The van der Waals surface area contributed by atoms with E-state index in [-0.39, 0.29) is 12.5 Å². The first kappa shape index (κ1) is 13.4. The van der Waals surface area contributed by atoms with Gasteiger partial charge < -0.3 is 20.5 Å². The highest BCUT2D eigenvalue weighted by Crippen LogP contribution is 1.81. The smallest absolute Gasteiger partial charge is 0.245 e. The molecule has 0 saturated heterocycles. The van der Waals surface area contributed by atoms with Gasteiger partial charge >= 0.3 is 0 Å². The largest absolute Gasteiger partial charge is 0.382 e. The van der Waals surface area contributed by atoms with Crippen LogP contribution in [0.1, 0.15) is 13.3 Å². The van der Waals surface area contributed by atoms with Gasteiger partial charge in [0.15, 0.2) is 0 Å². The van der Waals surface area contributed by atoms with Crippen LogP contribution in [0.4, 0.5) is 0 Å². The number of rotatable bonds is 9. The fraction of sp³-hybridized carbons (Fsp3) is 0.889. The van der Waals surface area contributed by atoms with Crippen LogP contribution in [0.2, 0.25) is 0 Å². The molecule has 5 nitrogen and oxygen atoms in total. The lowest BCUT2D eigenvalue weighted by Gasteiger charge is -2.05. The van der Waals surface area contributed by atoms with Crippen LogP contribution in [-0.2, 0) is 14.3 Å². The van der Waals surface area contributed by atoms with Crippen molar-refractivity contribution in [2.75, 3.05) is 39.5 Å². The van der Waals surface area contributed by atoms with E-state index >= 15 is 0 Å². The van der Waals surface area contributed by atoms with E-state index in [1.165, 1.54) is 0 Å². The molecule has 0 fully saturated rings. The molecule has 0 saturated carbocycles. The summed E-state index contributed by atoms with van der Waals surface area (Å²) in [7, 11) is 0. The van der Waals surface area contributed by atoms with E-state index in [2.05, 4.69) is 5.32 Å². The summed E-state index contributed by atoms with van der Waals surface area (Å²) < 4.78 is 10.1. The van der Waals surface area contributed by atoms with Gasteiger partial charge in [-0.2, -0.15) is 0 Å². The molecule has 0 aromatic rings. The number of hydrogen-bond acceptors (Lipinski definition) is 4. The molecular weight excluding hydrogens is 184 g/mol. The first-order valence-electron chi connectivity index (χ1n) is 4.93. The van der Waals surface area contributed by atoms with Crippen molar-refractivity contribution in [3.05, 3.63) is 0 Å². The Morgan fingerprint density at radius 3 is 2.79 bits per heavy atom. The Labute approximate surface area is 84.9 Å². The van der Waals surface area contributed by atoms with E-state index in [0.717, 1.165) is 6.42 Å². The summed E-state index contributed by atoms with van der Waals surface area (Å²) in [5, 5.41) is 2.72. The number of nitrogens with two attached hydrogens (primary N) is 1. The molecule has 0 bridgehead atoms. The predicted molar refractivity (Wildman–Crippen MR) is 54.0 cm³/mol. The molecule has 0 aliphatic heterocycles. The van der Waals surface area contributed by atoms with Crippen molar-refractivity contribution in [2.24, 2.45) is 5.73 Å². The summed E-state index contributed by atoms with van der Waals surface area (Å²) in [5.74, 6) is -0.102. The van der Waals surface area contributed by atoms with E-state index in [9.17, 15) is 4.79 Å². The van der Waals surface area contributed by atoms with Gasteiger partial charge in [0.1, 0.15) is 6.61 Å². The zero-order valence-corrected chi connectivity index (χ0v) is 8.75. The standard InChI is InChI=1S/C9H20N2O3/c1-2-13-6-3-5-11-9(12)8-14-7-4-10/h2-8,10H2,1H3,(H,11,12). The lowest BCUT2D eigenvalue weighted by Crippen LogP contribution is -2.29. The van der Waals surface area contributed by atoms with E-state index in [1.54, 1.807) is 0 Å². The molecule has 0 spiro atoms. The van der Waals surface area contributed by atoms with Crippen molar-refractivity contribution in [1.82, 2.24) is 5.32 Å². The van der Waals surface area contributed by atoms with Crippen molar-refractivity contribution in [1.29, 1.82) is 0 Å². The highest BCUT2D eigenvalue weighted by Gasteiger charge is 1.99. The second-order valence-corrected chi connectivity index (χ2v) is 2.74. The average Bonchev–Trinajstić information content (AvgIpc) is 2.18. The third kappa shape index (κ3) is 9.44. The summed E-state index contributed by atoms with van der Waals surface area (Å²) in [6.45, 7) is 4.92. The van der Waals surface area contributed by atoms with Gasteiger partial charge in [0, 0.05) is 26.3 Å². The quantitative estimate of drug-likeness (QED) is 0.497. The zero-order chi connectivity index (χ0) is 10.6. The van der Waals surface area contributed by atoms with Crippen molar-refractivity contribution in [2.45, 2.75) is 13.3 Å². The molecule has 0 unspecified atom stereocenters. The molecule has 0 aliphatic carbocycles. The summed E-state index contributed by atoms with van der Waals surface area (Å²) in [4.78, 5) is 11.0. The van der Waals surface area contributed by atoms with E-state index in [4.69, 9.17) is 15.2 Å². The molecule has 1 amide bonds. The van der Waals surface area contributed by atoms with Crippen LogP contribution in [0.15, 0.2) is 0 Å². The molecule has 0 aromatic carbocycles. The van der Waals surface area contributed by atoms with Gasteiger partial charge in [-0.05, 0) is 13.3 Å². The maximum absolute atomic E-state index is 11.0. The van der Waals surface area contributed by atoms with Gasteiger partial charge in [0.2, 0.25) is 5.91 Å². The van der Waals surface area contributed by atoms with Crippen LogP contribution < -0.4 is 11.1 Å². The van der Waals surface area contributed by atoms with Crippen LogP contribution >= 0.6 is 0 Å². The maximum Gasteiger partial charge on any atom is 0.245 e. The molecule has 5 heteroatoms. The lowest BCUT2D eigenvalue weighted by molar-refractivity contribution is -0.125. The Hall–Kier alpha value is -0.650. The molecule has 0 heterocycles. The number of carbonyl (C=O) groups is 1. The monoisotopic (exact) mass is 204 g/mol. The van der Waals surface area contributed by atoms with E-state index in [0.29, 0.717) is 32.9 Å². The number of amides is 1. The Kier molecular flexibility index (Phi) is 9.95. The summed E-state index contributed by atoms with van der Waals surface area (Å²) >= 11 is 0. The summed E-state index contributed by atoms with van der Waals surface area (Å²) in [5.41, 5.74) is 5.20. The van der Waals surface area contributed by atoms with Gasteiger partial charge in [-0.3, -0.25) is 4.79 Å². The molecular formula is C9H20N2O3. The minimum atomic E-state index is -0.102. The second kappa shape index (κ2) is 10.4. The van der Waals surface area contributed by atoms with E-state index in [1.807, 2.05) is 6.92 Å². The number of ether oxygens (including phenoxy) is 2. The first-order chi connectivity index (χ1) is 6.81. The van der Waals surface area contributed by atoms with Gasteiger partial charge in [0.05, 0.1) is 6.61 Å². The maximum atomic E-state index is 11.0. The Morgan fingerprint density at radius 2 is 2.14 bits per heavy atom. The highest BCUT2D eigenvalue weighted by atomic mass is 16.5. The Bertz CT molecular complexity index is 142. The predicted octanol–water partition coefficient (Wildman–Crippen LogP) is -0.495. The van der Waals surface area contributed by atoms with Crippen molar-refractivity contribution < 1.29 is 14.3 Å². The highest BCUT2D eigenvalue weighted by molar-refractivity contribution is 5.77. The Morgan fingerprint density at radius 1 is 1.36 bits per heavy atom. The SMILES string of the molecule is CCOCCCNC(=O)COCCN. The van der Waals surface area contributed by atoms with Gasteiger partial charge in [0.25, 0.3) is 0 Å². The molecule has 0 atom stereocenters. The number of nitrogens with one attached hydrogen (secondary N) is 1. The molecule has 0 rings (SSSR count). The minimum Gasteiger partial charge on any atom is -0.382 e. The van der Waals surface area contributed by atoms with Crippen LogP contribution in [-0.4, -0.2) is 45.4 Å².